The van der Waals surface area contributed by atoms with Gasteiger partial charge in [-0.3, -0.25) is 13.9 Å². The van der Waals surface area contributed by atoms with Crippen LogP contribution in [0.2, 0.25) is 0 Å². The van der Waals surface area contributed by atoms with Crippen LogP contribution in [0.25, 0.3) is 0 Å². The number of nitrogens with zero attached hydrogens (tertiary/aromatic N) is 2. The zero-order valence-corrected chi connectivity index (χ0v) is 24.7. The van der Waals surface area contributed by atoms with Gasteiger partial charge in [-0.05, 0) is 87.7 Å². The molecule has 3 aromatic rings. The summed E-state index contributed by atoms with van der Waals surface area (Å²) < 4.78 is 29.6. The van der Waals surface area contributed by atoms with E-state index in [0.717, 1.165) is 25.5 Å². The van der Waals surface area contributed by atoms with Crippen LogP contribution in [-0.2, 0) is 26.2 Å². The van der Waals surface area contributed by atoms with Crippen molar-refractivity contribution in [3.8, 4) is 0 Å². The van der Waals surface area contributed by atoms with Gasteiger partial charge in [0.2, 0.25) is 11.8 Å². The second kappa shape index (κ2) is 12.6. The third-order valence-electron chi connectivity index (χ3n) is 6.25. The minimum atomic E-state index is -4.08. The van der Waals surface area contributed by atoms with E-state index < -0.39 is 28.5 Å². The van der Waals surface area contributed by atoms with Gasteiger partial charge in [0.05, 0.1) is 10.6 Å². The molecule has 0 aliphatic heterocycles. The Kier molecular flexibility index (Phi) is 9.73. The molecule has 7 nitrogen and oxygen atoms in total. The van der Waals surface area contributed by atoms with Gasteiger partial charge in [-0.25, -0.2) is 8.42 Å². The topological polar surface area (TPSA) is 86.8 Å². The van der Waals surface area contributed by atoms with Gasteiger partial charge < -0.3 is 10.2 Å². The van der Waals surface area contributed by atoms with Gasteiger partial charge in [-0.1, -0.05) is 52.3 Å². The molecular weight excluding hydrogens is 566 g/mol. The van der Waals surface area contributed by atoms with Gasteiger partial charge in [0.25, 0.3) is 10.0 Å². The Morgan fingerprint density at radius 2 is 1.53 bits per heavy atom. The van der Waals surface area contributed by atoms with Crippen molar-refractivity contribution in [2.75, 3.05) is 10.8 Å². The molecule has 0 fully saturated rings. The number of aryl methyl sites for hydroxylation is 2. The highest BCUT2D eigenvalue weighted by atomic mass is 79.9. The number of hydrogen-bond donors (Lipinski definition) is 1. The molecule has 0 saturated heterocycles. The molecule has 0 aliphatic rings. The summed E-state index contributed by atoms with van der Waals surface area (Å²) in [7, 11) is -4.08. The second-order valence-corrected chi connectivity index (χ2v) is 12.4. The van der Waals surface area contributed by atoms with E-state index in [9.17, 15) is 18.0 Å². The highest BCUT2D eigenvalue weighted by molar-refractivity contribution is 9.10. The average Bonchev–Trinajstić information content (AvgIpc) is 2.88. The molecule has 0 heterocycles. The summed E-state index contributed by atoms with van der Waals surface area (Å²) in [5, 5.41) is 2.86. The van der Waals surface area contributed by atoms with Crippen molar-refractivity contribution in [2.45, 2.75) is 58.1 Å². The van der Waals surface area contributed by atoms with Crippen molar-refractivity contribution in [1.29, 1.82) is 0 Å². The maximum Gasteiger partial charge on any atom is 0.264 e. The van der Waals surface area contributed by atoms with Crippen LogP contribution < -0.4 is 9.62 Å². The Labute approximate surface area is 234 Å². The number of rotatable bonds is 10. The first kappa shape index (κ1) is 29.4. The van der Waals surface area contributed by atoms with Crippen LogP contribution in [0.5, 0.6) is 0 Å². The molecule has 38 heavy (non-hydrogen) atoms. The van der Waals surface area contributed by atoms with E-state index in [4.69, 9.17) is 0 Å². The molecule has 0 spiro atoms. The van der Waals surface area contributed by atoms with E-state index >= 15 is 0 Å². The molecule has 1 N–H and O–H groups in total. The quantitative estimate of drug-likeness (QED) is 0.347. The second-order valence-electron chi connectivity index (χ2n) is 9.58. The maximum absolute atomic E-state index is 13.9. The first-order valence-corrected chi connectivity index (χ1v) is 14.6. The number of hydrogen-bond acceptors (Lipinski definition) is 4. The van der Waals surface area contributed by atoms with E-state index in [-0.39, 0.29) is 23.4 Å². The molecule has 0 radical (unpaired) electrons. The van der Waals surface area contributed by atoms with Gasteiger partial charge in [0, 0.05) is 17.1 Å². The van der Waals surface area contributed by atoms with Crippen LogP contribution >= 0.6 is 15.9 Å². The lowest BCUT2D eigenvalue weighted by molar-refractivity contribution is -0.139. The number of carbonyl (C=O) groups is 2. The van der Waals surface area contributed by atoms with Crippen LogP contribution in [0.15, 0.2) is 82.2 Å². The van der Waals surface area contributed by atoms with E-state index in [1.807, 2.05) is 58.0 Å². The Hall–Kier alpha value is -3.17. The molecule has 3 rings (SSSR count). The highest BCUT2D eigenvalue weighted by Gasteiger charge is 2.32. The fraction of sp³-hybridized carbons (Fsp3) is 0.310. The number of amides is 2. The zero-order chi connectivity index (χ0) is 28.0. The molecule has 1 atom stereocenters. The van der Waals surface area contributed by atoms with Crippen LogP contribution in [0.3, 0.4) is 0 Å². The van der Waals surface area contributed by atoms with Crippen molar-refractivity contribution in [3.63, 3.8) is 0 Å². The molecule has 202 valence electrons. The molecule has 0 saturated carbocycles. The van der Waals surface area contributed by atoms with Crippen LogP contribution in [0, 0.1) is 13.8 Å². The Balaban J connectivity index is 2.04. The molecule has 0 aromatic heterocycles. The van der Waals surface area contributed by atoms with Crippen LogP contribution in [0.4, 0.5) is 5.69 Å². The fourth-order valence-electron chi connectivity index (χ4n) is 3.90. The first-order valence-electron chi connectivity index (χ1n) is 12.4. The summed E-state index contributed by atoms with van der Waals surface area (Å²) in [5.74, 6) is -0.800. The van der Waals surface area contributed by atoms with Crippen molar-refractivity contribution >= 4 is 43.5 Å². The molecule has 9 heteroatoms. The number of sulfonamides is 1. The molecule has 0 aliphatic carbocycles. The summed E-state index contributed by atoms with van der Waals surface area (Å²) in [4.78, 5) is 28.4. The monoisotopic (exact) mass is 599 g/mol. The summed E-state index contributed by atoms with van der Waals surface area (Å²) in [6, 6.07) is 19.8. The van der Waals surface area contributed by atoms with Crippen LogP contribution in [0.1, 0.15) is 37.5 Å². The normalized spacial score (nSPS) is 12.2. The first-order chi connectivity index (χ1) is 17.9. The van der Waals surface area contributed by atoms with Crippen molar-refractivity contribution in [1.82, 2.24) is 10.2 Å². The fourth-order valence-corrected chi connectivity index (χ4v) is 5.59. The Morgan fingerprint density at radius 3 is 2.11 bits per heavy atom. The zero-order valence-electron chi connectivity index (χ0n) is 22.3. The predicted octanol–water partition coefficient (Wildman–Crippen LogP) is 5.20. The highest BCUT2D eigenvalue weighted by Crippen LogP contribution is 2.26. The maximum atomic E-state index is 13.9. The van der Waals surface area contributed by atoms with Crippen LogP contribution in [-0.4, -0.2) is 43.8 Å². The van der Waals surface area contributed by atoms with E-state index in [1.165, 1.54) is 17.0 Å². The lowest BCUT2D eigenvalue weighted by Gasteiger charge is -2.32. The Bertz CT molecular complexity index is 1380. The number of nitrogens with one attached hydrogen (secondary N) is 1. The largest absolute Gasteiger partial charge is 0.352 e. The summed E-state index contributed by atoms with van der Waals surface area (Å²) >= 11 is 3.42. The molecule has 0 bridgehead atoms. The van der Waals surface area contributed by atoms with E-state index in [0.29, 0.717) is 5.69 Å². The lowest BCUT2D eigenvalue weighted by atomic mass is 10.1. The van der Waals surface area contributed by atoms with Gasteiger partial charge in [-0.2, -0.15) is 0 Å². The van der Waals surface area contributed by atoms with Gasteiger partial charge >= 0.3 is 0 Å². The standard InChI is InChI=1S/C29H34BrN3O4S/c1-20(2)31-29(35)23(5)32(18-24-12-14-25(30)15-13-24)28(34)19-33(26-16-11-21(3)22(4)17-26)38(36,37)27-9-7-6-8-10-27/h6-17,20,23H,18-19H2,1-5H3,(H,31,35)/t23-/m0/s1. The summed E-state index contributed by atoms with van der Waals surface area (Å²) in [6.45, 7) is 8.86. The minimum Gasteiger partial charge on any atom is -0.352 e. The molecule has 0 unspecified atom stereocenters. The number of carbonyl (C=O) groups excluding carboxylic acids is 2. The SMILES string of the molecule is Cc1ccc(N(CC(=O)N(Cc2ccc(Br)cc2)[C@@H](C)C(=O)NC(C)C)S(=O)(=O)c2ccccc2)cc1C. The molecule has 2 amide bonds. The van der Waals surface area contributed by atoms with E-state index in [2.05, 4.69) is 21.2 Å². The molecule has 3 aromatic carbocycles. The van der Waals surface area contributed by atoms with Crippen molar-refractivity contribution in [2.24, 2.45) is 0 Å². The third kappa shape index (κ3) is 7.23. The predicted molar refractivity (Wildman–Crippen MR) is 154 cm³/mol. The van der Waals surface area contributed by atoms with Gasteiger partial charge in [0.15, 0.2) is 0 Å². The number of anilines is 1. The summed E-state index contributed by atoms with van der Waals surface area (Å²) in [6.07, 6.45) is 0. The average molecular weight is 601 g/mol. The third-order valence-corrected chi connectivity index (χ3v) is 8.57. The number of benzene rings is 3. The van der Waals surface area contributed by atoms with Gasteiger partial charge in [0.1, 0.15) is 12.6 Å². The van der Waals surface area contributed by atoms with Gasteiger partial charge in [-0.15, -0.1) is 0 Å². The smallest absolute Gasteiger partial charge is 0.264 e. The van der Waals surface area contributed by atoms with E-state index in [1.54, 1.807) is 37.3 Å². The summed E-state index contributed by atoms with van der Waals surface area (Å²) in [5.41, 5.74) is 3.11. The van der Waals surface area contributed by atoms with Crippen molar-refractivity contribution in [3.05, 3.63) is 94.0 Å². The minimum absolute atomic E-state index is 0.0797. The van der Waals surface area contributed by atoms with Crippen molar-refractivity contribution < 1.29 is 18.0 Å². The molecular formula is C29H34BrN3O4S. The Morgan fingerprint density at radius 1 is 0.895 bits per heavy atom. The number of halogens is 1. The lowest BCUT2D eigenvalue weighted by Crippen LogP contribution is -2.52.